The second kappa shape index (κ2) is 7.50. The molecule has 104 valence electrons. The first-order valence-electron chi connectivity index (χ1n) is 5.92. The zero-order valence-electron chi connectivity index (χ0n) is 10.5. The van der Waals surface area contributed by atoms with Gasteiger partial charge >= 0.3 is 5.97 Å². The van der Waals surface area contributed by atoms with Crippen LogP contribution in [0, 0.1) is 3.57 Å². The van der Waals surface area contributed by atoms with Crippen molar-refractivity contribution in [2.24, 2.45) is 0 Å². The van der Waals surface area contributed by atoms with Gasteiger partial charge in [0.15, 0.2) is 6.61 Å². The molecule has 20 heavy (non-hydrogen) atoms. The first-order valence-corrected chi connectivity index (χ1v) is 7.37. The van der Waals surface area contributed by atoms with E-state index in [0.717, 1.165) is 9.13 Å². The third-order valence-electron chi connectivity index (χ3n) is 2.44. The molecule has 0 aliphatic rings. The largest absolute Gasteiger partial charge is 0.482 e. The lowest BCUT2D eigenvalue weighted by molar-refractivity contribution is -0.147. The van der Waals surface area contributed by atoms with Crippen molar-refractivity contribution in [2.45, 2.75) is 6.61 Å². The van der Waals surface area contributed by atoms with Crippen molar-refractivity contribution in [3.63, 3.8) is 0 Å². The Bertz CT molecular complexity index is 567. The minimum Gasteiger partial charge on any atom is -0.482 e. The van der Waals surface area contributed by atoms with Gasteiger partial charge in [-0.1, -0.05) is 41.9 Å². The predicted molar refractivity (Wildman–Crippen MR) is 85.9 cm³/mol. The molecule has 0 spiro atoms. The molecule has 0 aliphatic heterocycles. The summed E-state index contributed by atoms with van der Waals surface area (Å²) >= 11 is 8.04. The molecule has 3 nitrogen and oxygen atoms in total. The summed E-state index contributed by atoms with van der Waals surface area (Å²) in [5, 5.41) is 0.574. The van der Waals surface area contributed by atoms with E-state index < -0.39 is 5.97 Å². The van der Waals surface area contributed by atoms with Crippen molar-refractivity contribution < 1.29 is 14.3 Å². The smallest absolute Gasteiger partial charge is 0.344 e. The summed E-state index contributed by atoms with van der Waals surface area (Å²) in [7, 11) is 0. The maximum absolute atomic E-state index is 11.6. The Hall–Kier alpha value is -1.27. The molecule has 2 rings (SSSR count). The monoisotopic (exact) mass is 402 g/mol. The van der Waals surface area contributed by atoms with E-state index >= 15 is 0 Å². The van der Waals surface area contributed by atoms with Gasteiger partial charge in [0.25, 0.3) is 0 Å². The average Bonchev–Trinajstić information content (AvgIpc) is 2.43. The highest BCUT2D eigenvalue weighted by molar-refractivity contribution is 14.1. The molecular weight excluding hydrogens is 391 g/mol. The first-order chi connectivity index (χ1) is 9.63. The van der Waals surface area contributed by atoms with Crippen LogP contribution in [0.15, 0.2) is 48.5 Å². The number of rotatable bonds is 5. The van der Waals surface area contributed by atoms with Crippen LogP contribution in [-0.2, 0) is 16.1 Å². The van der Waals surface area contributed by atoms with Crippen LogP contribution in [0.3, 0.4) is 0 Å². The van der Waals surface area contributed by atoms with Crippen LogP contribution in [0.5, 0.6) is 5.75 Å². The van der Waals surface area contributed by atoms with E-state index in [1.807, 2.05) is 36.4 Å². The van der Waals surface area contributed by atoms with Gasteiger partial charge in [0.05, 0.1) is 0 Å². The van der Waals surface area contributed by atoms with Crippen LogP contribution in [0.1, 0.15) is 5.56 Å². The number of carbonyl (C=O) groups is 1. The van der Waals surface area contributed by atoms with Crippen molar-refractivity contribution in [2.75, 3.05) is 6.61 Å². The van der Waals surface area contributed by atoms with Gasteiger partial charge in [-0.3, -0.25) is 0 Å². The zero-order valence-corrected chi connectivity index (χ0v) is 13.4. The second-order valence-electron chi connectivity index (χ2n) is 4.04. The topological polar surface area (TPSA) is 35.5 Å². The van der Waals surface area contributed by atoms with Gasteiger partial charge in [-0.25, -0.2) is 4.79 Å². The summed E-state index contributed by atoms with van der Waals surface area (Å²) < 4.78 is 11.4. The molecule has 0 N–H and O–H groups in total. The standard InChI is InChI=1S/C15H12ClIO3/c16-12-6-13(17)8-14(7-12)19-10-15(18)20-9-11-4-2-1-3-5-11/h1-8H,9-10H2. The highest BCUT2D eigenvalue weighted by Gasteiger charge is 2.06. The fourth-order valence-electron chi connectivity index (χ4n) is 1.53. The quantitative estimate of drug-likeness (QED) is 0.559. The highest BCUT2D eigenvalue weighted by atomic mass is 127. The second-order valence-corrected chi connectivity index (χ2v) is 5.72. The first kappa shape index (κ1) is 15.1. The van der Waals surface area contributed by atoms with E-state index in [4.69, 9.17) is 21.1 Å². The van der Waals surface area contributed by atoms with Gasteiger partial charge in [-0.15, -0.1) is 0 Å². The fraction of sp³-hybridized carbons (Fsp3) is 0.133. The maximum Gasteiger partial charge on any atom is 0.344 e. The van der Waals surface area contributed by atoms with Gasteiger partial charge in [0.1, 0.15) is 12.4 Å². The van der Waals surface area contributed by atoms with Crippen LogP contribution in [-0.4, -0.2) is 12.6 Å². The third-order valence-corrected chi connectivity index (χ3v) is 3.28. The molecule has 0 saturated carbocycles. The van der Waals surface area contributed by atoms with E-state index in [1.165, 1.54) is 0 Å². The molecule has 2 aromatic carbocycles. The van der Waals surface area contributed by atoms with E-state index in [1.54, 1.807) is 12.1 Å². The third kappa shape index (κ3) is 5.02. The molecule has 5 heteroatoms. The van der Waals surface area contributed by atoms with Crippen LogP contribution in [0.4, 0.5) is 0 Å². The highest BCUT2D eigenvalue weighted by Crippen LogP contribution is 2.22. The molecular formula is C15H12ClIO3. The molecule has 0 aliphatic carbocycles. The number of halogens is 2. The molecule has 0 bridgehead atoms. The van der Waals surface area contributed by atoms with Crippen molar-refractivity contribution in [3.8, 4) is 5.75 Å². The number of esters is 1. The van der Waals surface area contributed by atoms with E-state index in [2.05, 4.69) is 22.6 Å². The van der Waals surface area contributed by atoms with Crippen LogP contribution in [0.2, 0.25) is 5.02 Å². The summed E-state index contributed by atoms with van der Waals surface area (Å²) in [6.45, 7) is 0.110. The molecule has 0 amide bonds. The summed E-state index contributed by atoms with van der Waals surface area (Å²) in [5.74, 6) is 0.141. The Kier molecular flexibility index (Phi) is 5.67. The number of carbonyl (C=O) groups excluding carboxylic acids is 1. The molecule has 0 radical (unpaired) electrons. The minimum absolute atomic E-state index is 0.136. The fourth-order valence-corrected chi connectivity index (χ4v) is 2.59. The molecule has 0 heterocycles. The van der Waals surface area contributed by atoms with Crippen LogP contribution in [0.25, 0.3) is 0 Å². The number of ether oxygens (including phenoxy) is 2. The van der Waals surface area contributed by atoms with Crippen LogP contribution >= 0.6 is 34.2 Å². The normalized spacial score (nSPS) is 10.1. The van der Waals surface area contributed by atoms with Gasteiger partial charge in [0, 0.05) is 8.59 Å². The van der Waals surface area contributed by atoms with Crippen molar-refractivity contribution in [1.82, 2.24) is 0 Å². The van der Waals surface area contributed by atoms with Crippen LogP contribution < -0.4 is 4.74 Å². The lowest BCUT2D eigenvalue weighted by Crippen LogP contribution is -2.14. The Morgan fingerprint density at radius 1 is 1.15 bits per heavy atom. The van der Waals surface area contributed by atoms with Crippen molar-refractivity contribution in [1.29, 1.82) is 0 Å². The zero-order chi connectivity index (χ0) is 14.4. The summed E-state index contributed by atoms with van der Waals surface area (Å²) in [6.07, 6.45) is 0. The molecule has 0 fully saturated rings. The van der Waals surface area contributed by atoms with E-state index in [0.29, 0.717) is 10.8 Å². The summed E-state index contributed by atoms with van der Waals surface area (Å²) in [6, 6.07) is 14.8. The Labute approximate surface area is 136 Å². The van der Waals surface area contributed by atoms with Gasteiger partial charge in [-0.05, 0) is 46.4 Å². The molecule has 2 aromatic rings. The van der Waals surface area contributed by atoms with Crippen molar-refractivity contribution in [3.05, 3.63) is 62.7 Å². The Morgan fingerprint density at radius 3 is 2.60 bits per heavy atom. The number of hydrogen-bond donors (Lipinski definition) is 0. The molecule has 0 unspecified atom stereocenters. The number of benzene rings is 2. The molecule has 0 saturated heterocycles. The number of hydrogen-bond acceptors (Lipinski definition) is 3. The molecule has 0 atom stereocenters. The summed E-state index contributed by atoms with van der Waals surface area (Å²) in [5.41, 5.74) is 0.943. The van der Waals surface area contributed by atoms with Gasteiger partial charge in [-0.2, -0.15) is 0 Å². The van der Waals surface area contributed by atoms with E-state index in [9.17, 15) is 4.79 Å². The Morgan fingerprint density at radius 2 is 1.90 bits per heavy atom. The van der Waals surface area contributed by atoms with Gasteiger partial charge < -0.3 is 9.47 Å². The molecule has 0 aromatic heterocycles. The van der Waals surface area contributed by atoms with Crippen molar-refractivity contribution >= 4 is 40.2 Å². The predicted octanol–water partition coefficient (Wildman–Crippen LogP) is 4.07. The lowest BCUT2D eigenvalue weighted by atomic mass is 10.2. The Balaban J connectivity index is 1.80. The average molecular weight is 403 g/mol. The maximum atomic E-state index is 11.6. The summed E-state index contributed by atoms with van der Waals surface area (Å²) in [4.78, 5) is 11.6. The SMILES string of the molecule is O=C(COc1cc(Cl)cc(I)c1)OCc1ccccc1. The lowest BCUT2D eigenvalue weighted by Gasteiger charge is -2.08. The van der Waals surface area contributed by atoms with E-state index in [-0.39, 0.29) is 13.2 Å². The minimum atomic E-state index is -0.413. The van der Waals surface area contributed by atoms with Gasteiger partial charge in [0.2, 0.25) is 0 Å².